The summed E-state index contributed by atoms with van der Waals surface area (Å²) in [6.45, 7) is 7.99. The molecule has 0 aliphatic rings. The Hall–Kier alpha value is -3.32. The molecule has 0 aliphatic heterocycles. The normalized spacial score (nSPS) is 11.0. The minimum Gasteiger partial charge on any atom is -0.457 e. The van der Waals surface area contributed by atoms with E-state index in [2.05, 4.69) is 10.5 Å². The third kappa shape index (κ3) is 4.80. The van der Waals surface area contributed by atoms with Gasteiger partial charge in [-0.3, -0.25) is 4.79 Å². The number of nitrogens with two attached hydrogens (primary N) is 1. The number of hydrogen-bond acceptors (Lipinski definition) is 6. The first-order chi connectivity index (χ1) is 14.1. The molecule has 158 valence electrons. The van der Waals surface area contributed by atoms with Gasteiger partial charge in [0.25, 0.3) is 0 Å². The molecule has 0 radical (unpaired) electrons. The van der Waals surface area contributed by atoms with E-state index in [1.165, 1.54) is 0 Å². The van der Waals surface area contributed by atoms with Gasteiger partial charge in [-0.1, -0.05) is 5.16 Å². The molecule has 3 rings (SSSR count). The van der Waals surface area contributed by atoms with Gasteiger partial charge in [0, 0.05) is 23.0 Å². The molecule has 0 saturated heterocycles. The van der Waals surface area contributed by atoms with E-state index in [1.807, 2.05) is 71.0 Å². The molecule has 7 heteroatoms. The van der Waals surface area contributed by atoms with Crippen LogP contribution < -0.4 is 15.8 Å². The Bertz CT molecular complexity index is 1040. The number of aromatic nitrogens is 1. The van der Waals surface area contributed by atoms with Gasteiger partial charge in [0.05, 0.1) is 12.2 Å². The topological polar surface area (TPSA) is 93.6 Å². The number of rotatable bonds is 6. The van der Waals surface area contributed by atoms with E-state index in [0.717, 1.165) is 45.1 Å². The number of aryl methyl sites for hydroxylation is 4. The molecule has 0 unspecified atom stereocenters. The summed E-state index contributed by atoms with van der Waals surface area (Å²) in [6, 6.07) is 9.39. The monoisotopic (exact) mass is 408 g/mol. The molecule has 2 aromatic carbocycles. The predicted molar refractivity (Wildman–Crippen MR) is 119 cm³/mol. The Kier molecular flexibility index (Phi) is 6.12. The summed E-state index contributed by atoms with van der Waals surface area (Å²) in [6.07, 6.45) is 0. The number of benzene rings is 2. The lowest BCUT2D eigenvalue weighted by Crippen LogP contribution is -2.27. The quantitative estimate of drug-likeness (QED) is 0.585. The fourth-order valence-electron chi connectivity index (χ4n) is 3.51. The average molecular weight is 409 g/mol. The average Bonchev–Trinajstić information content (AvgIpc) is 2.95. The van der Waals surface area contributed by atoms with E-state index < -0.39 is 0 Å². The standard InChI is InChI=1S/C23H28N4O3/c1-13-7-19(25-21(28)12-27(5)6)8-14(2)23(13)29-20-10-17(9-18(24)11-20)22-15(3)26-30-16(22)4/h7-11H,12,24H2,1-6H3,(H,25,28). The number of nitrogen functional groups attached to an aromatic ring is 1. The van der Waals surface area contributed by atoms with Gasteiger partial charge in [-0.2, -0.15) is 0 Å². The molecule has 0 spiro atoms. The zero-order chi connectivity index (χ0) is 22.0. The first-order valence-corrected chi connectivity index (χ1v) is 9.71. The minimum atomic E-state index is -0.0626. The fourth-order valence-corrected chi connectivity index (χ4v) is 3.51. The van der Waals surface area contributed by atoms with Crippen LogP contribution >= 0.6 is 0 Å². The second kappa shape index (κ2) is 8.59. The number of carbonyl (C=O) groups is 1. The van der Waals surface area contributed by atoms with Crippen molar-refractivity contribution in [3.05, 3.63) is 52.9 Å². The van der Waals surface area contributed by atoms with Crippen molar-refractivity contribution in [2.24, 2.45) is 0 Å². The van der Waals surface area contributed by atoms with E-state index in [1.54, 1.807) is 6.07 Å². The summed E-state index contributed by atoms with van der Waals surface area (Å²) in [7, 11) is 3.71. The maximum atomic E-state index is 12.1. The van der Waals surface area contributed by atoms with Crippen molar-refractivity contribution in [3.8, 4) is 22.6 Å². The van der Waals surface area contributed by atoms with Gasteiger partial charge >= 0.3 is 0 Å². The smallest absolute Gasteiger partial charge is 0.238 e. The van der Waals surface area contributed by atoms with Crippen molar-refractivity contribution < 1.29 is 14.1 Å². The van der Waals surface area contributed by atoms with E-state index in [9.17, 15) is 4.79 Å². The third-order valence-corrected chi connectivity index (χ3v) is 4.67. The molecule has 7 nitrogen and oxygen atoms in total. The van der Waals surface area contributed by atoms with Crippen molar-refractivity contribution in [3.63, 3.8) is 0 Å². The van der Waals surface area contributed by atoms with Gasteiger partial charge < -0.3 is 25.2 Å². The third-order valence-electron chi connectivity index (χ3n) is 4.67. The Morgan fingerprint density at radius 3 is 2.33 bits per heavy atom. The zero-order valence-electron chi connectivity index (χ0n) is 18.3. The highest BCUT2D eigenvalue weighted by atomic mass is 16.5. The molecular weight excluding hydrogens is 380 g/mol. The maximum Gasteiger partial charge on any atom is 0.238 e. The molecule has 1 heterocycles. The van der Waals surface area contributed by atoms with Crippen molar-refractivity contribution in [1.82, 2.24) is 10.1 Å². The fraction of sp³-hybridized carbons (Fsp3) is 0.304. The van der Waals surface area contributed by atoms with Crippen LogP contribution in [0.1, 0.15) is 22.6 Å². The van der Waals surface area contributed by atoms with Crippen LogP contribution in [0.4, 0.5) is 11.4 Å². The Morgan fingerprint density at radius 1 is 1.10 bits per heavy atom. The largest absolute Gasteiger partial charge is 0.457 e. The van der Waals surface area contributed by atoms with Crippen LogP contribution in [0.5, 0.6) is 11.5 Å². The number of likely N-dealkylation sites (N-methyl/N-ethyl adjacent to an activating group) is 1. The SMILES string of the molecule is Cc1cc(NC(=O)CN(C)C)cc(C)c1Oc1cc(N)cc(-c2c(C)noc2C)c1. The number of carbonyl (C=O) groups excluding carboxylic acids is 1. The molecule has 0 fully saturated rings. The number of anilines is 2. The van der Waals surface area contributed by atoms with Crippen molar-refractivity contribution in [2.75, 3.05) is 31.7 Å². The van der Waals surface area contributed by atoms with Gasteiger partial charge in [0.2, 0.25) is 5.91 Å². The van der Waals surface area contributed by atoms with Gasteiger partial charge in [-0.15, -0.1) is 0 Å². The van der Waals surface area contributed by atoms with E-state index in [-0.39, 0.29) is 5.91 Å². The van der Waals surface area contributed by atoms with E-state index in [0.29, 0.717) is 18.0 Å². The minimum absolute atomic E-state index is 0.0626. The van der Waals surface area contributed by atoms with Crippen LogP contribution in [0.2, 0.25) is 0 Å². The lowest BCUT2D eigenvalue weighted by molar-refractivity contribution is -0.116. The van der Waals surface area contributed by atoms with E-state index >= 15 is 0 Å². The number of ether oxygens (including phenoxy) is 1. The summed E-state index contributed by atoms with van der Waals surface area (Å²) in [5.74, 6) is 2.03. The molecule has 0 saturated carbocycles. The molecule has 3 aromatic rings. The number of nitrogens with zero attached hydrogens (tertiary/aromatic N) is 2. The summed E-state index contributed by atoms with van der Waals surface area (Å²) in [5.41, 5.74) is 11.9. The highest BCUT2D eigenvalue weighted by molar-refractivity contribution is 5.92. The first kappa shape index (κ1) is 21.4. The lowest BCUT2D eigenvalue weighted by atomic mass is 10.0. The highest BCUT2D eigenvalue weighted by Crippen LogP contribution is 2.36. The molecule has 0 aliphatic carbocycles. The summed E-state index contributed by atoms with van der Waals surface area (Å²) >= 11 is 0. The Morgan fingerprint density at radius 2 is 1.77 bits per heavy atom. The molecular formula is C23H28N4O3. The first-order valence-electron chi connectivity index (χ1n) is 9.71. The number of nitrogens with one attached hydrogen (secondary N) is 1. The zero-order valence-corrected chi connectivity index (χ0v) is 18.3. The maximum absolute atomic E-state index is 12.1. The summed E-state index contributed by atoms with van der Waals surface area (Å²) < 4.78 is 11.5. The van der Waals surface area contributed by atoms with Gasteiger partial charge in [0.1, 0.15) is 17.3 Å². The van der Waals surface area contributed by atoms with Gasteiger partial charge in [-0.25, -0.2) is 0 Å². The van der Waals surface area contributed by atoms with Gasteiger partial charge in [-0.05, 0) is 82.7 Å². The molecule has 1 aromatic heterocycles. The number of hydrogen-bond donors (Lipinski definition) is 2. The Labute approximate surface area is 176 Å². The number of amides is 1. The highest BCUT2D eigenvalue weighted by Gasteiger charge is 2.15. The second-order valence-corrected chi connectivity index (χ2v) is 7.82. The van der Waals surface area contributed by atoms with Crippen LogP contribution in [0.15, 0.2) is 34.9 Å². The summed E-state index contributed by atoms with van der Waals surface area (Å²) in [4.78, 5) is 13.9. The predicted octanol–water partition coefficient (Wildman–Crippen LogP) is 4.45. The van der Waals surface area contributed by atoms with Crippen LogP contribution in [0.3, 0.4) is 0 Å². The molecule has 0 bridgehead atoms. The second-order valence-electron chi connectivity index (χ2n) is 7.82. The molecule has 30 heavy (non-hydrogen) atoms. The van der Waals surface area contributed by atoms with Crippen LogP contribution in [0.25, 0.3) is 11.1 Å². The van der Waals surface area contributed by atoms with Crippen LogP contribution in [0, 0.1) is 27.7 Å². The van der Waals surface area contributed by atoms with Crippen LogP contribution in [-0.2, 0) is 4.79 Å². The molecule has 3 N–H and O–H groups in total. The van der Waals surface area contributed by atoms with Crippen molar-refractivity contribution >= 4 is 17.3 Å². The molecule has 0 atom stereocenters. The lowest BCUT2D eigenvalue weighted by Gasteiger charge is -2.16. The Balaban J connectivity index is 1.89. The van der Waals surface area contributed by atoms with Crippen LogP contribution in [-0.4, -0.2) is 36.6 Å². The van der Waals surface area contributed by atoms with Crippen molar-refractivity contribution in [1.29, 1.82) is 0 Å². The summed E-state index contributed by atoms with van der Waals surface area (Å²) in [5, 5.41) is 6.94. The van der Waals surface area contributed by atoms with Gasteiger partial charge in [0.15, 0.2) is 0 Å². The van der Waals surface area contributed by atoms with E-state index in [4.69, 9.17) is 15.0 Å². The molecule has 1 amide bonds. The van der Waals surface area contributed by atoms with Crippen molar-refractivity contribution in [2.45, 2.75) is 27.7 Å².